The van der Waals surface area contributed by atoms with Crippen LogP contribution >= 0.6 is 11.6 Å². The Kier molecular flexibility index (Phi) is 7.17. The predicted molar refractivity (Wildman–Crippen MR) is 100 cm³/mol. The lowest BCUT2D eigenvalue weighted by molar-refractivity contribution is -0.147. The van der Waals surface area contributed by atoms with E-state index in [1.54, 1.807) is 42.5 Å². The van der Waals surface area contributed by atoms with Gasteiger partial charge in [0, 0.05) is 22.8 Å². The first-order valence-corrected chi connectivity index (χ1v) is 8.38. The number of esters is 1. The Hall–Kier alpha value is -2.86. The smallest absolute Gasteiger partial charge is 0.306 e. The molecule has 2 aromatic rings. The Labute approximate surface area is 156 Å². The first-order chi connectivity index (χ1) is 12.4. The number of carbonyl (C=O) groups excluding carboxylic acids is 3. The van der Waals surface area contributed by atoms with Crippen molar-refractivity contribution in [1.82, 2.24) is 0 Å². The van der Waals surface area contributed by atoms with E-state index in [0.717, 1.165) is 5.56 Å². The monoisotopic (exact) mass is 374 g/mol. The average molecular weight is 375 g/mol. The predicted octanol–water partition coefficient (Wildman–Crippen LogP) is 3.55. The number of nitrogens with one attached hydrogen (secondary N) is 2. The summed E-state index contributed by atoms with van der Waals surface area (Å²) in [7, 11) is 0. The summed E-state index contributed by atoms with van der Waals surface area (Å²) in [6, 6.07) is 14.0. The van der Waals surface area contributed by atoms with Crippen LogP contribution in [0.4, 0.5) is 11.4 Å². The zero-order valence-corrected chi connectivity index (χ0v) is 15.0. The molecule has 0 heterocycles. The van der Waals surface area contributed by atoms with Gasteiger partial charge in [0.15, 0.2) is 6.61 Å². The Morgan fingerprint density at radius 3 is 2.31 bits per heavy atom. The zero-order valence-electron chi connectivity index (χ0n) is 14.3. The van der Waals surface area contributed by atoms with Crippen molar-refractivity contribution in [3.8, 4) is 0 Å². The van der Waals surface area contributed by atoms with Crippen LogP contribution < -0.4 is 10.6 Å². The van der Waals surface area contributed by atoms with Gasteiger partial charge in [-0.3, -0.25) is 14.4 Å². The highest BCUT2D eigenvalue weighted by molar-refractivity contribution is 6.31. The SMILES string of the molecule is Cc1ccc(NC(=O)CCC(=O)OCC(=O)Nc2ccccc2)cc1Cl. The van der Waals surface area contributed by atoms with E-state index in [2.05, 4.69) is 10.6 Å². The summed E-state index contributed by atoms with van der Waals surface area (Å²) in [5.41, 5.74) is 2.08. The van der Waals surface area contributed by atoms with E-state index in [-0.39, 0.29) is 18.7 Å². The molecule has 2 amide bonds. The summed E-state index contributed by atoms with van der Waals surface area (Å²) >= 11 is 5.99. The van der Waals surface area contributed by atoms with E-state index in [4.69, 9.17) is 16.3 Å². The van der Waals surface area contributed by atoms with Gasteiger partial charge in [-0.1, -0.05) is 35.9 Å². The number of anilines is 2. The molecule has 0 unspecified atom stereocenters. The van der Waals surface area contributed by atoms with Crippen molar-refractivity contribution in [2.45, 2.75) is 19.8 Å². The lowest BCUT2D eigenvalue weighted by atomic mass is 10.2. The van der Waals surface area contributed by atoms with E-state index < -0.39 is 18.5 Å². The molecule has 0 fully saturated rings. The van der Waals surface area contributed by atoms with Gasteiger partial charge in [0.2, 0.25) is 5.91 Å². The molecule has 0 atom stereocenters. The minimum Gasteiger partial charge on any atom is -0.456 e. The first-order valence-electron chi connectivity index (χ1n) is 8.00. The molecular formula is C19H19ClN2O4. The van der Waals surface area contributed by atoms with Crippen molar-refractivity contribution < 1.29 is 19.1 Å². The van der Waals surface area contributed by atoms with Crippen molar-refractivity contribution in [2.24, 2.45) is 0 Å². The van der Waals surface area contributed by atoms with E-state index in [0.29, 0.717) is 16.4 Å². The van der Waals surface area contributed by atoms with Crippen molar-refractivity contribution in [1.29, 1.82) is 0 Å². The van der Waals surface area contributed by atoms with Gasteiger partial charge in [-0.25, -0.2) is 0 Å². The van der Waals surface area contributed by atoms with E-state index in [1.165, 1.54) is 0 Å². The van der Waals surface area contributed by atoms with Gasteiger partial charge in [-0.2, -0.15) is 0 Å². The highest BCUT2D eigenvalue weighted by Crippen LogP contribution is 2.20. The second-order valence-corrected chi connectivity index (χ2v) is 5.99. The fraction of sp³-hybridized carbons (Fsp3) is 0.211. The first kappa shape index (κ1) is 19.5. The third-order valence-corrected chi connectivity index (χ3v) is 3.84. The van der Waals surface area contributed by atoms with Gasteiger partial charge in [-0.05, 0) is 36.8 Å². The molecule has 0 aliphatic heterocycles. The molecule has 2 aromatic carbocycles. The Bertz CT molecular complexity index is 793. The van der Waals surface area contributed by atoms with Gasteiger partial charge in [0.25, 0.3) is 5.91 Å². The zero-order chi connectivity index (χ0) is 18.9. The summed E-state index contributed by atoms with van der Waals surface area (Å²) < 4.78 is 4.86. The molecular weight excluding hydrogens is 356 g/mol. The van der Waals surface area contributed by atoms with Crippen LogP contribution in [-0.2, 0) is 19.1 Å². The number of benzene rings is 2. The fourth-order valence-electron chi connectivity index (χ4n) is 2.05. The Morgan fingerprint density at radius 2 is 1.62 bits per heavy atom. The van der Waals surface area contributed by atoms with Gasteiger partial charge in [0.1, 0.15) is 0 Å². The van der Waals surface area contributed by atoms with Crippen molar-refractivity contribution in [3.05, 3.63) is 59.1 Å². The topological polar surface area (TPSA) is 84.5 Å². The third kappa shape index (κ3) is 6.57. The van der Waals surface area contributed by atoms with Crippen LogP contribution in [0.2, 0.25) is 5.02 Å². The number of hydrogen-bond acceptors (Lipinski definition) is 4. The number of ether oxygens (including phenoxy) is 1. The number of aryl methyl sites for hydroxylation is 1. The molecule has 0 spiro atoms. The van der Waals surface area contributed by atoms with Gasteiger partial charge >= 0.3 is 5.97 Å². The molecule has 136 valence electrons. The number of carbonyl (C=O) groups is 3. The molecule has 2 rings (SSSR count). The number of hydrogen-bond donors (Lipinski definition) is 2. The lowest BCUT2D eigenvalue weighted by Gasteiger charge is -2.08. The molecule has 0 saturated heterocycles. The molecule has 0 saturated carbocycles. The van der Waals surface area contributed by atoms with Crippen LogP contribution in [0.3, 0.4) is 0 Å². The summed E-state index contributed by atoms with van der Waals surface area (Å²) in [5.74, 6) is -1.40. The number of rotatable bonds is 7. The quantitative estimate of drug-likeness (QED) is 0.726. The molecule has 6 nitrogen and oxygen atoms in total. The largest absolute Gasteiger partial charge is 0.456 e. The maximum Gasteiger partial charge on any atom is 0.306 e. The number of amides is 2. The molecule has 2 N–H and O–H groups in total. The highest BCUT2D eigenvalue weighted by Gasteiger charge is 2.11. The lowest BCUT2D eigenvalue weighted by Crippen LogP contribution is -2.21. The molecule has 26 heavy (non-hydrogen) atoms. The number of halogens is 1. The summed E-state index contributed by atoms with van der Waals surface area (Å²) in [5, 5.41) is 5.80. The molecule has 0 aromatic heterocycles. The van der Waals surface area contributed by atoms with Crippen molar-refractivity contribution in [2.75, 3.05) is 17.2 Å². The minimum atomic E-state index is -0.620. The van der Waals surface area contributed by atoms with Crippen LogP contribution in [-0.4, -0.2) is 24.4 Å². The van der Waals surface area contributed by atoms with E-state index >= 15 is 0 Å². The second kappa shape index (κ2) is 9.58. The molecule has 0 aliphatic carbocycles. The maximum absolute atomic E-state index is 11.9. The maximum atomic E-state index is 11.9. The van der Waals surface area contributed by atoms with Crippen LogP contribution in [0.1, 0.15) is 18.4 Å². The Balaban J connectivity index is 1.68. The summed E-state index contributed by atoms with van der Waals surface area (Å²) in [6.07, 6.45) is -0.172. The van der Waals surface area contributed by atoms with E-state index in [1.807, 2.05) is 13.0 Å². The fourth-order valence-corrected chi connectivity index (χ4v) is 2.23. The standard InChI is InChI=1S/C19H19ClN2O4/c1-13-7-8-15(11-16(13)20)22-17(23)9-10-19(25)26-12-18(24)21-14-5-3-2-4-6-14/h2-8,11H,9-10,12H2,1H3,(H,21,24)(H,22,23). The van der Waals surface area contributed by atoms with Crippen LogP contribution in [0.25, 0.3) is 0 Å². The van der Waals surface area contributed by atoms with Crippen LogP contribution in [0, 0.1) is 6.92 Å². The van der Waals surface area contributed by atoms with Crippen molar-refractivity contribution >= 4 is 40.8 Å². The van der Waals surface area contributed by atoms with Gasteiger partial charge in [0.05, 0.1) is 6.42 Å². The Morgan fingerprint density at radius 1 is 0.923 bits per heavy atom. The minimum absolute atomic E-state index is 0.0510. The van der Waals surface area contributed by atoms with Gasteiger partial charge < -0.3 is 15.4 Å². The van der Waals surface area contributed by atoms with Crippen molar-refractivity contribution in [3.63, 3.8) is 0 Å². The second-order valence-electron chi connectivity index (χ2n) is 5.59. The third-order valence-electron chi connectivity index (χ3n) is 3.43. The molecule has 0 aliphatic rings. The molecule has 7 heteroatoms. The van der Waals surface area contributed by atoms with Gasteiger partial charge in [-0.15, -0.1) is 0 Å². The molecule has 0 bridgehead atoms. The molecule has 0 radical (unpaired) electrons. The van der Waals surface area contributed by atoms with Crippen LogP contribution in [0.5, 0.6) is 0 Å². The van der Waals surface area contributed by atoms with Crippen LogP contribution in [0.15, 0.2) is 48.5 Å². The highest BCUT2D eigenvalue weighted by atomic mass is 35.5. The average Bonchev–Trinajstić information content (AvgIpc) is 2.62. The summed E-state index contributed by atoms with van der Waals surface area (Å²) in [6.45, 7) is 1.46. The van der Waals surface area contributed by atoms with E-state index in [9.17, 15) is 14.4 Å². The summed E-state index contributed by atoms with van der Waals surface area (Å²) in [4.78, 5) is 35.2. The normalized spacial score (nSPS) is 10.1. The number of para-hydroxylation sites is 1.